The van der Waals surface area contributed by atoms with Gasteiger partial charge in [-0.2, -0.15) is 0 Å². The molecule has 19 heavy (non-hydrogen) atoms. The van der Waals surface area contributed by atoms with E-state index in [0.717, 1.165) is 25.0 Å². The quantitative estimate of drug-likeness (QED) is 0.847. The van der Waals surface area contributed by atoms with E-state index in [4.69, 9.17) is 4.74 Å². The maximum absolute atomic E-state index is 13.0. The first-order valence-corrected chi connectivity index (χ1v) is 7.23. The van der Waals surface area contributed by atoms with Crippen molar-refractivity contribution in [3.05, 3.63) is 35.6 Å². The third-order valence-electron chi connectivity index (χ3n) is 3.81. The van der Waals surface area contributed by atoms with Gasteiger partial charge < -0.3 is 10.1 Å². The van der Waals surface area contributed by atoms with Crippen molar-refractivity contribution in [1.82, 2.24) is 5.32 Å². The highest BCUT2D eigenvalue weighted by Gasteiger charge is 2.32. The lowest BCUT2D eigenvalue weighted by Gasteiger charge is -2.39. The number of ether oxygens (including phenoxy) is 1. The minimum absolute atomic E-state index is 0.175. The molecule has 0 radical (unpaired) electrons. The summed E-state index contributed by atoms with van der Waals surface area (Å²) < 4.78 is 18.6. The molecule has 2 rings (SSSR count). The van der Waals surface area contributed by atoms with Crippen molar-refractivity contribution in [2.45, 2.75) is 51.8 Å². The molecule has 0 bridgehead atoms. The van der Waals surface area contributed by atoms with Gasteiger partial charge in [-0.3, -0.25) is 0 Å². The molecule has 1 aromatic rings. The molecule has 1 atom stereocenters. The van der Waals surface area contributed by atoms with E-state index < -0.39 is 0 Å². The Morgan fingerprint density at radius 1 is 1.26 bits per heavy atom. The fourth-order valence-electron chi connectivity index (χ4n) is 2.67. The summed E-state index contributed by atoms with van der Waals surface area (Å²) >= 11 is 0. The normalized spacial score (nSPS) is 24.3. The first-order valence-electron chi connectivity index (χ1n) is 7.23. The second-order valence-corrected chi connectivity index (χ2v) is 5.69. The van der Waals surface area contributed by atoms with Crippen molar-refractivity contribution in [3.63, 3.8) is 0 Å². The lowest BCUT2D eigenvalue weighted by atomic mass is 9.86. The van der Waals surface area contributed by atoms with Gasteiger partial charge in [-0.1, -0.05) is 26.0 Å². The highest BCUT2D eigenvalue weighted by Crippen LogP contribution is 2.29. The average molecular weight is 265 g/mol. The fourth-order valence-corrected chi connectivity index (χ4v) is 2.67. The highest BCUT2D eigenvalue weighted by atomic mass is 19.1. The van der Waals surface area contributed by atoms with Crippen LogP contribution in [-0.2, 0) is 4.74 Å². The summed E-state index contributed by atoms with van der Waals surface area (Å²) in [4.78, 5) is 0. The van der Waals surface area contributed by atoms with Crippen LogP contribution in [0.1, 0.15) is 45.2 Å². The second kappa shape index (κ2) is 6.49. The van der Waals surface area contributed by atoms with E-state index in [0.29, 0.717) is 18.1 Å². The molecule has 0 amide bonds. The molecule has 0 aliphatic heterocycles. The van der Waals surface area contributed by atoms with Gasteiger partial charge in [0.25, 0.3) is 0 Å². The molecule has 1 fully saturated rings. The van der Waals surface area contributed by atoms with Gasteiger partial charge in [0.05, 0.1) is 6.10 Å². The molecule has 1 saturated carbocycles. The van der Waals surface area contributed by atoms with Gasteiger partial charge in [-0.15, -0.1) is 0 Å². The second-order valence-electron chi connectivity index (χ2n) is 5.69. The predicted octanol–water partition coefficient (Wildman–Crippen LogP) is 3.68. The molecule has 106 valence electrons. The number of rotatable bonds is 6. The Hall–Kier alpha value is -0.930. The fraction of sp³-hybridized carbons (Fsp3) is 0.625. The van der Waals surface area contributed by atoms with E-state index in [9.17, 15) is 4.39 Å². The van der Waals surface area contributed by atoms with Crippen molar-refractivity contribution in [2.24, 2.45) is 5.92 Å². The summed E-state index contributed by atoms with van der Waals surface area (Å²) in [5.74, 6) is 0.308. The number of halogens is 1. The molecule has 1 aliphatic rings. The Kier molecular flexibility index (Phi) is 4.94. The lowest BCUT2D eigenvalue weighted by Crippen LogP contribution is -2.47. The summed E-state index contributed by atoms with van der Waals surface area (Å²) in [6.07, 6.45) is 2.58. The Bertz CT molecular complexity index is 384. The maximum Gasteiger partial charge on any atom is 0.123 e. The third kappa shape index (κ3) is 3.77. The number of nitrogens with one attached hydrogen (secondary N) is 1. The molecule has 3 heteroatoms. The van der Waals surface area contributed by atoms with Gasteiger partial charge in [0.2, 0.25) is 0 Å². The van der Waals surface area contributed by atoms with E-state index in [-0.39, 0.29) is 11.9 Å². The zero-order chi connectivity index (χ0) is 13.8. The van der Waals surface area contributed by atoms with Crippen LogP contribution in [0.4, 0.5) is 4.39 Å². The Labute approximate surface area is 115 Å². The first kappa shape index (κ1) is 14.5. The zero-order valence-electron chi connectivity index (χ0n) is 12.0. The number of benzene rings is 1. The summed E-state index contributed by atoms with van der Waals surface area (Å²) in [5.41, 5.74) is 1.16. The van der Waals surface area contributed by atoms with Crippen LogP contribution in [0.25, 0.3) is 0 Å². The van der Waals surface area contributed by atoms with E-state index in [1.165, 1.54) is 12.1 Å². The molecule has 1 N–H and O–H groups in total. The molecule has 1 aliphatic carbocycles. The first-order chi connectivity index (χ1) is 9.10. The van der Waals surface area contributed by atoms with Gasteiger partial charge in [0, 0.05) is 18.7 Å². The van der Waals surface area contributed by atoms with Gasteiger partial charge >= 0.3 is 0 Å². The highest BCUT2D eigenvalue weighted by molar-refractivity contribution is 5.20. The number of hydrogen-bond acceptors (Lipinski definition) is 2. The van der Waals surface area contributed by atoms with Gasteiger partial charge in [0.1, 0.15) is 5.82 Å². The molecule has 0 heterocycles. The molecule has 0 spiro atoms. The SMILES string of the molecule is CCOC1CC(NC(c2ccc(F)cc2)C(C)C)C1. The van der Waals surface area contributed by atoms with E-state index in [1.807, 2.05) is 19.1 Å². The van der Waals surface area contributed by atoms with E-state index in [1.54, 1.807) is 0 Å². The smallest absolute Gasteiger partial charge is 0.123 e. The largest absolute Gasteiger partial charge is 0.378 e. The van der Waals surface area contributed by atoms with Crippen molar-refractivity contribution in [3.8, 4) is 0 Å². The van der Waals surface area contributed by atoms with Crippen molar-refractivity contribution >= 4 is 0 Å². The van der Waals surface area contributed by atoms with Crippen molar-refractivity contribution < 1.29 is 9.13 Å². The Morgan fingerprint density at radius 3 is 2.42 bits per heavy atom. The van der Waals surface area contributed by atoms with Gasteiger partial charge in [0.15, 0.2) is 0 Å². The minimum Gasteiger partial charge on any atom is -0.378 e. The van der Waals surface area contributed by atoms with Crippen LogP contribution in [0.15, 0.2) is 24.3 Å². The number of hydrogen-bond donors (Lipinski definition) is 1. The van der Waals surface area contributed by atoms with Crippen LogP contribution in [0.5, 0.6) is 0 Å². The van der Waals surface area contributed by atoms with E-state index >= 15 is 0 Å². The van der Waals surface area contributed by atoms with Gasteiger partial charge in [-0.25, -0.2) is 4.39 Å². The van der Waals surface area contributed by atoms with Crippen LogP contribution in [0, 0.1) is 11.7 Å². The van der Waals surface area contributed by atoms with Crippen LogP contribution in [-0.4, -0.2) is 18.8 Å². The van der Waals surface area contributed by atoms with Crippen molar-refractivity contribution in [1.29, 1.82) is 0 Å². The molecule has 0 saturated heterocycles. The molecular weight excluding hydrogens is 241 g/mol. The Balaban J connectivity index is 1.93. The topological polar surface area (TPSA) is 21.3 Å². The van der Waals surface area contributed by atoms with E-state index in [2.05, 4.69) is 19.2 Å². The van der Waals surface area contributed by atoms with Gasteiger partial charge in [-0.05, 0) is 43.4 Å². The van der Waals surface area contributed by atoms with Crippen molar-refractivity contribution in [2.75, 3.05) is 6.61 Å². The van der Waals surface area contributed by atoms with Crippen LogP contribution >= 0.6 is 0 Å². The molecule has 1 aromatic carbocycles. The molecular formula is C16H24FNO. The zero-order valence-corrected chi connectivity index (χ0v) is 12.0. The summed E-state index contributed by atoms with van der Waals surface area (Å²) in [7, 11) is 0. The summed E-state index contributed by atoms with van der Waals surface area (Å²) in [6, 6.07) is 7.64. The third-order valence-corrected chi connectivity index (χ3v) is 3.81. The standard InChI is InChI=1S/C16H24FNO/c1-4-19-15-9-14(10-15)18-16(11(2)3)12-5-7-13(17)8-6-12/h5-8,11,14-16,18H,4,9-10H2,1-3H3. The summed E-state index contributed by atoms with van der Waals surface area (Å²) in [6.45, 7) is 7.22. The minimum atomic E-state index is -0.175. The molecule has 1 unspecified atom stereocenters. The monoisotopic (exact) mass is 265 g/mol. The summed E-state index contributed by atoms with van der Waals surface area (Å²) in [5, 5.41) is 3.67. The Morgan fingerprint density at radius 2 is 1.89 bits per heavy atom. The van der Waals surface area contributed by atoms with Crippen LogP contribution in [0.2, 0.25) is 0 Å². The van der Waals surface area contributed by atoms with Crippen LogP contribution < -0.4 is 5.32 Å². The predicted molar refractivity (Wildman–Crippen MR) is 75.6 cm³/mol. The lowest BCUT2D eigenvalue weighted by molar-refractivity contribution is -0.0138. The van der Waals surface area contributed by atoms with Crippen LogP contribution in [0.3, 0.4) is 0 Å². The maximum atomic E-state index is 13.0. The molecule has 0 aromatic heterocycles. The average Bonchev–Trinajstić information content (AvgIpc) is 2.33. The molecule has 2 nitrogen and oxygen atoms in total.